The topological polar surface area (TPSA) is 58.6 Å². The Labute approximate surface area is 106 Å². The van der Waals surface area contributed by atoms with Crippen LogP contribution in [0.1, 0.15) is 32.1 Å². The van der Waals surface area contributed by atoms with Gasteiger partial charge in [-0.1, -0.05) is 0 Å². The van der Waals surface area contributed by atoms with Crippen LogP contribution in [0.25, 0.3) is 0 Å². The first kappa shape index (κ1) is 13.2. The van der Waals surface area contributed by atoms with Crippen molar-refractivity contribution in [3.8, 4) is 0 Å². The molecule has 5 heteroatoms. The Balaban J connectivity index is 1.68. The monoisotopic (exact) mass is 259 g/mol. The van der Waals surface area contributed by atoms with Gasteiger partial charge in [0.05, 0.1) is 5.60 Å². The predicted molar refractivity (Wildman–Crippen MR) is 68.5 cm³/mol. The third-order valence-corrected chi connectivity index (χ3v) is 4.78. The molecule has 2 saturated heterocycles. The quantitative estimate of drug-likeness (QED) is 0.733. The predicted octanol–water partition coefficient (Wildman–Crippen LogP) is 1.50. The van der Waals surface area contributed by atoms with E-state index in [1.54, 1.807) is 0 Å². The highest BCUT2D eigenvalue weighted by atomic mass is 32.2. The van der Waals surface area contributed by atoms with Gasteiger partial charge in [0.1, 0.15) is 0 Å². The van der Waals surface area contributed by atoms with Crippen LogP contribution in [-0.4, -0.2) is 47.4 Å². The Morgan fingerprint density at radius 1 is 1.59 bits per heavy atom. The molecule has 2 fully saturated rings. The SMILES string of the molecule is O=C(O)CCCNC1CCOC2(CCSC2)C1. The van der Waals surface area contributed by atoms with Gasteiger partial charge in [0.25, 0.3) is 0 Å². The average Bonchev–Trinajstić information content (AvgIpc) is 2.73. The lowest BCUT2D eigenvalue weighted by molar-refractivity contribution is -0.137. The highest BCUT2D eigenvalue weighted by Gasteiger charge is 2.40. The first-order chi connectivity index (χ1) is 8.20. The molecule has 2 aliphatic rings. The first-order valence-corrected chi connectivity index (χ1v) is 7.53. The third kappa shape index (κ3) is 3.86. The number of ether oxygens (including phenoxy) is 1. The van der Waals surface area contributed by atoms with Crippen molar-refractivity contribution in [2.45, 2.75) is 43.7 Å². The van der Waals surface area contributed by atoms with Gasteiger partial charge in [0, 0.05) is 24.8 Å². The number of rotatable bonds is 5. The standard InChI is InChI=1S/C12H21NO3S/c14-11(15)2-1-5-13-10-3-6-16-12(8-10)4-7-17-9-12/h10,13H,1-9H2,(H,14,15). The summed E-state index contributed by atoms with van der Waals surface area (Å²) in [7, 11) is 0. The first-order valence-electron chi connectivity index (χ1n) is 6.37. The fraction of sp³-hybridized carbons (Fsp3) is 0.917. The van der Waals surface area contributed by atoms with Gasteiger partial charge in [-0.3, -0.25) is 4.79 Å². The summed E-state index contributed by atoms with van der Waals surface area (Å²) in [6.45, 7) is 1.65. The molecule has 0 radical (unpaired) electrons. The number of nitrogens with one attached hydrogen (secondary N) is 1. The molecule has 0 aromatic heterocycles. The molecule has 0 amide bonds. The molecule has 2 N–H and O–H groups in total. The zero-order chi connectivity index (χ0) is 12.1. The van der Waals surface area contributed by atoms with Crippen LogP contribution in [0.4, 0.5) is 0 Å². The van der Waals surface area contributed by atoms with E-state index in [9.17, 15) is 4.79 Å². The normalized spacial score (nSPS) is 33.1. The zero-order valence-electron chi connectivity index (χ0n) is 10.1. The Hall–Kier alpha value is -0.260. The molecule has 0 saturated carbocycles. The molecule has 2 unspecified atom stereocenters. The van der Waals surface area contributed by atoms with Crippen LogP contribution < -0.4 is 5.32 Å². The van der Waals surface area contributed by atoms with Gasteiger partial charge < -0.3 is 15.2 Å². The number of carboxylic acids is 1. The van der Waals surface area contributed by atoms with Gasteiger partial charge in [-0.05, 0) is 38.0 Å². The lowest BCUT2D eigenvalue weighted by Crippen LogP contribution is -2.47. The second kappa shape index (κ2) is 6.07. The molecule has 2 aliphatic heterocycles. The number of aliphatic carboxylic acids is 1. The molecular formula is C12H21NO3S. The van der Waals surface area contributed by atoms with Crippen LogP contribution in [-0.2, 0) is 9.53 Å². The van der Waals surface area contributed by atoms with Crippen molar-refractivity contribution >= 4 is 17.7 Å². The molecule has 17 heavy (non-hydrogen) atoms. The van der Waals surface area contributed by atoms with E-state index in [0.29, 0.717) is 12.5 Å². The van der Waals surface area contributed by atoms with Crippen molar-refractivity contribution in [1.82, 2.24) is 5.32 Å². The Morgan fingerprint density at radius 2 is 2.47 bits per heavy atom. The van der Waals surface area contributed by atoms with Crippen LogP contribution in [0.2, 0.25) is 0 Å². The Kier molecular flexibility index (Phi) is 4.70. The Morgan fingerprint density at radius 3 is 3.18 bits per heavy atom. The number of hydrogen-bond donors (Lipinski definition) is 2. The maximum Gasteiger partial charge on any atom is 0.303 e. The van der Waals surface area contributed by atoms with E-state index in [-0.39, 0.29) is 12.0 Å². The number of carbonyl (C=O) groups is 1. The van der Waals surface area contributed by atoms with Crippen LogP contribution in [0.15, 0.2) is 0 Å². The van der Waals surface area contributed by atoms with Crippen LogP contribution in [0.3, 0.4) is 0 Å². The molecule has 98 valence electrons. The maximum absolute atomic E-state index is 10.4. The summed E-state index contributed by atoms with van der Waals surface area (Å²) in [6, 6.07) is 0.510. The summed E-state index contributed by atoms with van der Waals surface area (Å²) < 4.78 is 5.95. The summed E-state index contributed by atoms with van der Waals surface area (Å²) in [6.07, 6.45) is 4.29. The summed E-state index contributed by atoms with van der Waals surface area (Å²) >= 11 is 1.98. The second-order valence-corrected chi connectivity index (χ2v) is 6.08. The van der Waals surface area contributed by atoms with Crippen molar-refractivity contribution in [1.29, 1.82) is 0 Å². The number of thioether (sulfide) groups is 1. The van der Waals surface area contributed by atoms with E-state index < -0.39 is 5.97 Å². The van der Waals surface area contributed by atoms with E-state index in [4.69, 9.17) is 9.84 Å². The van der Waals surface area contributed by atoms with E-state index in [1.165, 1.54) is 12.2 Å². The minimum absolute atomic E-state index is 0.118. The molecule has 4 nitrogen and oxygen atoms in total. The smallest absolute Gasteiger partial charge is 0.303 e. The molecule has 0 aromatic carbocycles. The van der Waals surface area contributed by atoms with Gasteiger partial charge in [-0.25, -0.2) is 0 Å². The van der Waals surface area contributed by atoms with Crippen LogP contribution in [0, 0.1) is 0 Å². The second-order valence-electron chi connectivity index (χ2n) is 4.98. The number of carboxylic acid groups (broad SMARTS) is 1. The largest absolute Gasteiger partial charge is 0.481 e. The molecule has 0 aromatic rings. The van der Waals surface area contributed by atoms with Crippen molar-refractivity contribution in [3.63, 3.8) is 0 Å². The van der Waals surface area contributed by atoms with Gasteiger partial charge >= 0.3 is 5.97 Å². The van der Waals surface area contributed by atoms with Crippen LogP contribution in [0.5, 0.6) is 0 Å². The zero-order valence-corrected chi connectivity index (χ0v) is 10.9. The van der Waals surface area contributed by atoms with Crippen molar-refractivity contribution in [3.05, 3.63) is 0 Å². The van der Waals surface area contributed by atoms with Crippen LogP contribution >= 0.6 is 11.8 Å². The highest BCUT2D eigenvalue weighted by molar-refractivity contribution is 7.99. The number of hydrogen-bond acceptors (Lipinski definition) is 4. The van der Waals surface area contributed by atoms with Gasteiger partial charge in [-0.2, -0.15) is 11.8 Å². The average molecular weight is 259 g/mol. The fourth-order valence-corrected chi connectivity index (χ4v) is 3.99. The molecule has 0 bridgehead atoms. The van der Waals surface area contributed by atoms with E-state index in [2.05, 4.69) is 5.32 Å². The minimum Gasteiger partial charge on any atom is -0.481 e. The molecule has 1 spiro atoms. The summed E-state index contributed by atoms with van der Waals surface area (Å²) in [5, 5.41) is 12.0. The summed E-state index contributed by atoms with van der Waals surface area (Å²) in [5.41, 5.74) is 0.118. The molecular weight excluding hydrogens is 238 g/mol. The molecule has 2 heterocycles. The van der Waals surface area contributed by atoms with E-state index in [1.807, 2.05) is 11.8 Å². The molecule has 2 rings (SSSR count). The van der Waals surface area contributed by atoms with E-state index in [0.717, 1.165) is 31.7 Å². The summed E-state index contributed by atoms with van der Waals surface area (Å²) in [5.74, 6) is 1.63. The van der Waals surface area contributed by atoms with Gasteiger partial charge in [-0.15, -0.1) is 0 Å². The lowest BCUT2D eigenvalue weighted by atomic mass is 9.90. The van der Waals surface area contributed by atoms with Gasteiger partial charge in [0.15, 0.2) is 0 Å². The van der Waals surface area contributed by atoms with Crippen molar-refractivity contribution in [2.24, 2.45) is 0 Å². The Bertz CT molecular complexity index is 266. The van der Waals surface area contributed by atoms with E-state index >= 15 is 0 Å². The van der Waals surface area contributed by atoms with Gasteiger partial charge in [0.2, 0.25) is 0 Å². The van der Waals surface area contributed by atoms with Crippen molar-refractivity contribution < 1.29 is 14.6 Å². The molecule has 2 atom stereocenters. The van der Waals surface area contributed by atoms with Crippen molar-refractivity contribution in [2.75, 3.05) is 24.7 Å². The maximum atomic E-state index is 10.4. The molecule has 0 aliphatic carbocycles. The fourth-order valence-electron chi connectivity index (χ4n) is 2.61. The summed E-state index contributed by atoms with van der Waals surface area (Å²) in [4.78, 5) is 10.4. The third-order valence-electron chi connectivity index (χ3n) is 3.56. The highest BCUT2D eigenvalue weighted by Crippen LogP contribution is 2.38. The minimum atomic E-state index is -0.706. The lowest BCUT2D eigenvalue weighted by Gasteiger charge is -2.38.